The molecule has 0 unspecified atom stereocenters. The molecule has 0 spiro atoms. The number of nitro groups is 1. The van der Waals surface area contributed by atoms with Crippen LogP contribution in [0.3, 0.4) is 0 Å². The average molecular weight is 280 g/mol. The number of unbranched alkanes of at least 4 members (excludes halogenated alkanes) is 1. The molecule has 20 heavy (non-hydrogen) atoms. The van der Waals surface area contributed by atoms with Crippen molar-refractivity contribution in [3.05, 3.63) is 39.7 Å². The second kappa shape index (κ2) is 5.98. The molecule has 0 atom stereocenters. The molecule has 0 N–H and O–H groups in total. The zero-order valence-corrected chi connectivity index (χ0v) is 11.3. The zero-order chi connectivity index (χ0) is 14.7. The normalized spacial score (nSPS) is 14.1. The predicted molar refractivity (Wildman–Crippen MR) is 72.0 cm³/mol. The van der Waals surface area contributed by atoms with E-state index in [-0.39, 0.29) is 17.3 Å². The van der Waals surface area contributed by atoms with Crippen LogP contribution in [0, 0.1) is 15.9 Å². The number of rotatable bonds is 6. The summed E-state index contributed by atoms with van der Waals surface area (Å²) < 4.78 is 13.3. The second-order valence-electron chi connectivity index (χ2n) is 5.00. The highest BCUT2D eigenvalue weighted by molar-refractivity contribution is 5.98. The molecule has 1 saturated carbocycles. The molecule has 1 aliphatic rings. The highest BCUT2D eigenvalue weighted by Crippen LogP contribution is 2.30. The van der Waals surface area contributed by atoms with Gasteiger partial charge in [-0.05, 0) is 31.4 Å². The van der Waals surface area contributed by atoms with Crippen molar-refractivity contribution >= 4 is 11.6 Å². The minimum Gasteiger partial charge on any atom is -0.335 e. The van der Waals surface area contributed by atoms with Gasteiger partial charge in [-0.3, -0.25) is 14.9 Å². The lowest BCUT2D eigenvalue weighted by Crippen LogP contribution is -2.34. The van der Waals surface area contributed by atoms with Crippen LogP contribution in [0.1, 0.15) is 43.0 Å². The van der Waals surface area contributed by atoms with Gasteiger partial charge in [-0.25, -0.2) is 4.39 Å². The maximum atomic E-state index is 13.3. The van der Waals surface area contributed by atoms with Crippen LogP contribution < -0.4 is 0 Å². The number of nitro benzene ring substituents is 1. The average Bonchev–Trinajstić information content (AvgIpc) is 3.23. The summed E-state index contributed by atoms with van der Waals surface area (Å²) in [5, 5.41) is 11.0. The summed E-state index contributed by atoms with van der Waals surface area (Å²) in [7, 11) is 0. The predicted octanol–water partition coefficient (Wildman–Crippen LogP) is 3.14. The van der Waals surface area contributed by atoms with Crippen LogP contribution in [0.4, 0.5) is 10.1 Å². The topological polar surface area (TPSA) is 63.5 Å². The van der Waals surface area contributed by atoms with E-state index in [9.17, 15) is 19.3 Å². The third-order valence-corrected chi connectivity index (χ3v) is 3.39. The Labute approximate surface area is 116 Å². The molecular formula is C14H17FN2O3. The lowest BCUT2D eigenvalue weighted by molar-refractivity contribution is -0.385. The summed E-state index contributed by atoms with van der Waals surface area (Å²) in [5.41, 5.74) is -0.489. The van der Waals surface area contributed by atoms with Gasteiger partial charge in [0, 0.05) is 18.7 Å². The van der Waals surface area contributed by atoms with Crippen molar-refractivity contribution in [2.75, 3.05) is 6.54 Å². The summed E-state index contributed by atoms with van der Waals surface area (Å²) >= 11 is 0. The van der Waals surface area contributed by atoms with Crippen LogP contribution in [0.2, 0.25) is 0 Å². The van der Waals surface area contributed by atoms with Crippen molar-refractivity contribution in [3.8, 4) is 0 Å². The summed E-state index contributed by atoms with van der Waals surface area (Å²) in [6.07, 6.45) is 3.60. The van der Waals surface area contributed by atoms with Crippen LogP contribution in [-0.4, -0.2) is 28.3 Å². The fraction of sp³-hybridized carbons (Fsp3) is 0.500. The van der Waals surface area contributed by atoms with Gasteiger partial charge in [-0.15, -0.1) is 0 Å². The van der Waals surface area contributed by atoms with Gasteiger partial charge in [-0.1, -0.05) is 13.3 Å². The van der Waals surface area contributed by atoms with Crippen molar-refractivity contribution in [3.63, 3.8) is 0 Å². The van der Waals surface area contributed by atoms with Crippen LogP contribution in [0.15, 0.2) is 18.2 Å². The lowest BCUT2D eigenvalue weighted by Gasteiger charge is -2.22. The van der Waals surface area contributed by atoms with Crippen molar-refractivity contribution in [1.29, 1.82) is 0 Å². The maximum Gasteiger partial charge on any atom is 0.282 e. The Kier molecular flexibility index (Phi) is 4.32. The molecule has 1 amide bonds. The van der Waals surface area contributed by atoms with Crippen molar-refractivity contribution in [1.82, 2.24) is 4.90 Å². The smallest absolute Gasteiger partial charge is 0.282 e. The number of carbonyl (C=O) groups excluding carboxylic acids is 1. The van der Waals surface area contributed by atoms with Crippen LogP contribution in [-0.2, 0) is 0 Å². The highest BCUT2D eigenvalue weighted by atomic mass is 19.1. The van der Waals surface area contributed by atoms with Crippen LogP contribution in [0.5, 0.6) is 0 Å². The Bertz CT molecular complexity index is 529. The largest absolute Gasteiger partial charge is 0.335 e. The molecule has 1 aromatic carbocycles. The molecule has 0 saturated heterocycles. The van der Waals surface area contributed by atoms with E-state index in [0.29, 0.717) is 6.54 Å². The number of amides is 1. The fourth-order valence-electron chi connectivity index (χ4n) is 2.16. The van der Waals surface area contributed by atoms with Crippen molar-refractivity contribution < 1.29 is 14.1 Å². The first-order chi connectivity index (χ1) is 9.54. The molecule has 0 aromatic heterocycles. The number of hydrogen-bond acceptors (Lipinski definition) is 3. The monoisotopic (exact) mass is 280 g/mol. The standard InChI is InChI=1S/C14H17FN2O3/c1-2-3-8-16(11-5-6-11)14(18)12-9-10(15)4-7-13(12)17(19)20/h4,7,9,11H,2-3,5-6,8H2,1H3. The van der Waals surface area contributed by atoms with Gasteiger partial charge < -0.3 is 4.90 Å². The molecular weight excluding hydrogens is 263 g/mol. The zero-order valence-electron chi connectivity index (χ0n) is 11.3. The van der Waals surface area contributed by atoms with E-state index in [0.717, 1.165) is 43.9 Å². The Balaban J connectivity index is 2.30. The van der Waals surface area contributed by atoms with E-state index in [1.165, 1.54) is 0 Å². The molecule has 0 radical (unpaired) electrons. The molecule has 1 aromatic rings. The van der Waals surface area contributed by atoms with Gasteiger partial charge >= 0.3 is 0 Å². The molecule has 0 bridgehead atoms. The maximum absolute atomic E-state index is 13.3. The molecule has 2 rings (SSSR count). The van der Waals surface area contributed by atoms with E-state index in [1.807, 2.05) is 6.92 Å². The highest BCUT2D eigenvalue weighted by Gasteiger charge is 2.35. The quantitative estimate of drug-likeness (QED) is 0.594. The number of halogens is 1. The van der Waals surface area contributed by atoms with Gasteiger partial charge in [0.05, 0.1) is 4.92 Å². The van der Waals surface area contributed by atoms with Gasteiger partial charge in [0.15, 0.2) is 0 Å². The Hall–Kier alpha value is -1.98. The van der Waals surface area contributed by atoms with Gasteiger partial charge in [-0.2, -0.15) is 0 Å². The fourth-order valence-corrected chi connectivity index (χ4v) is 2.16. The number of benzene rings is 1. The van der Waals surface area contributed by atoms with E-state index in [1.54, 1.807) is 4.90 Å². The lowest BCUT2D eigenvalue weighted by atomic mass is 10.1. The molecule has 0 heterocycles. The van der Waals surface area contributed by atoms with Crippen LogP contribution in [0.25, 0.3) is 0 Å². The van der Waals surface area contributed by atoms with E-state index in [4.69, 9.17) is 0 Å². The summed E-state index contributed by atoms with van der Waals surface area (Å²) in [4.78, 5) is 24.4. The van der Waals surface area contributed by atoms with Crippen molar-refractivity contribution in [2.45, 2.75) is 38.6 Å². The first-order valence-corrected chi connectivity index (χ1v) is 6.79. The number of carbonyl (C=O) groups is 1. The summed E-state index contributed by atoms with van der Waals surface area (Å²) in [6, 6.07) is 3.16. The SMILES string of the molecule is CCCCN(C(=O)c1cc(F)ccc1[N+](=O)[O-])C1CC1. The Morgan fingerprint density at radius 3 is 2.75 bits per heavy atom. The first-order valence-electron chi connectivity index (χ1n) is 6.79. The van der Waals surface area contributed by atoms with Gasteiger partial charge in [0.2, 0.25) is 0 Å². The van der Waals surface area contributed by atoms with Gasteiger partial charge in [0.25, 0.3) is 11.6 Å². The van der Waals surface area contributed by atoms with E-state index in [2.05, 4.69) is 0 Å². The van der Waals surface area contributed by atoms with E-state index >= 15 is 0 Å². The molecule has 108 valence electrons. The molecule has 5 nitrogen and oxygen atoms in total. The number of hydrogen-bond donors (Lipinski definition) is 0. The minimum atomic E-state index is -0.641. The molecule has 1 fully saturated rings. The third-order valence-electron chi connectivity index (χ3n) is 3.39. The Morgan fingerprint density at radius 2 is 2.20 bits per heavy atom. The van der Waals surface area contributed by atoms with E-state index < -0.39 is 16.6 Å². The second-order valence-corrected chi connectivity index (χ2v) is 5.00. The molecule has 6 heteroatoms. The first kappa shape index (κ1) is 14.4. The minimum absolute atomic E-state index is 0.150. The molecule has 1 aliphatic carbocycles. The number of nitrogens with zero attached hydrogens (tertiary/aromatic N) is 2. The van der Waals surface area contributed by atoms with Crippen LogP contribution >= 0.6 is 0 Å². The third kappa shape index (κ3) is 3.12. The Morgan fingerprint density at radius 1 is 1.50 bits per heavy atom. The summed E-state index contributed by atoms with van der Waals surface area (Å²) in [6.45, 7) is 2.58. The summed E-state index contributed by atoms with van der Waals surface area (Å²) in [5.74, 6) is -1.07. The molecule has 0 aliphatic heterocycles. The van der Waals surface area contributed by atoms with Crippen molar-refractivity contribution in [2.24, 2.45) is 0 Å². The van der Waals surface area contributed by atoms with Gasteiger partial charge in [0.1, 0.15) is 11.4 Å².